The molecule has 7 heavy (non-hydrogen) atoms. The fourth-order valence-corrected chi connectivity index (χ4v) is 0.0713. The second-order valence-corrected chi connectivity index (χ2v) is 0.516. The number of hydrogen-bond acceptors (Lipinski definition) is 3. The molecule has 0 aromatic rings. The molecule has 5 heteroatoms. The maximum Gasteiger partial charge on any atom is 0.537 e. The minimum Gasteiger partial charge on any atom is -0.448 e. The molecular formula is C2H4NaO4. The van der Waals surface area contributed by atoms with Crippen molar-refractivity contribution in [1.82, 2.24) is 0 Å². The van der Waals surface area contributed by atoms with Crippen LogP contribution in [0.25, 0.3) is 0 Å². The number of carbonyl (C=O) groups is 1. The van der Waals surface area contributed by atoms with Crippen LogP contribution < -0.4 is 0 Å². The fourth-order valence-electron chi connectivity index (χ4n) is 0.0713. The first-order valence-electron chi connectivity index (χ1n) is 1.21. The van der Waals surface area contributed by atoms with Crippen LogP contribution in [0, 0.1) is 0 Å². The van der Waals surface area contributed by atoms with Gasteiger partial charge in [0.05, 0.1) is 7.11 Å². The summed E-state index contributed by atoms with van der Waals surface area (Å²) in [4.78, 5) is 16.4. The van der Waals surface area contributed by atoms with Gasteiger partial charge >= 0.3 is 6.16 Å². The van der Waals surface area contributed by atoms with Crippen molar-refractivity contribution in [2.45, 2.75) is 0 Å². The van der Waals surface area contributed by atoms with Crippen molar-refractivity contribution in [2.75, 3.05) is 7.11 Å². The quantitative estimate of drug-likeness (QED) is 0.293. The largest absolute Gasteiger partial charge is 0.537 e. The van der Waals surface area contributed by atoms with E-state index in [1.807, 2.05) is 0 Å². The molecule has 0 rings (SSSR count). The molecular weight excluding hydrogens is 111 g/mol. The zero-order chi connectivity index (χ0) is 4.99. The van der Waals surface area contributed by atoms with Gasteiger partial charge in [0.25, 0.3) is 0 Å². The van der Waals surface area contributed by atoms with Gasteiger partial charge < -0.3 is 5.11 Å². The second kappa shape index (κ2) is 6.23. The smallest absolute Gasteiger partial charge is 0.448 e. The van der Waals surface area contributed by atoms with Crippen LogP contribution in [0.3, 0.4) is 0 Å². The Labute approximate surface area is 62.6 Å². The Morgan fingerprint density at radius 2 is 2.14 bits per heavy atom. The summed E-state index contributed by atoms with van der Waals surface area (Å²) in [6.45, 7) is 0. The summed E-state index contributed by atoms with van der Waals surface area (Å²) >= 11 is 0. The van der Waals surface area contributed by atoms with Gasteiger partial charge in [0.2, 0.25) is 0 Å². The maximum atomic E-state index is 9.25. The van der Waals surface area contributed by atoms with Crippen LogP contribution >= 0.6 is 0 Å². The minimum atomic E-state index is -1.43. The van der Waals surface area contributed by atoms with Gasteiger partial charge in [0.1, 0.15) is 0 Å². The molecule has 0 heterocycles. The molecule has 0 unspecified atom stereocenters. The van der Waals surface area contributed by atoms with Crippen LogP contribution in [0.2, 0.25) is 0 Å². The molecule has 0 bridgehead atoms. The van der Waals surface area contributed by atoms with Gasteiger partial charge in [-0.2, -0.15) is 4.89 Å². The molecule has 1 N–H and O–H groups in total. The van der Waals surface area contributed by atoms with Crippen LogP contribution in [0.5, 0.6) is 0 Å². The number of hydrogen-bond donors (Lipinski definition) is 1. The summed E-state index contributed by atoms with van der Waals surface area (Å²) < 4.78 is 0. The Kier molecular flexibility index (Phi) is 9.13. The van der Waals surface area contributed by atoms with Crippen molar-refractivity contribution < 1.29 is 19.7 Å². The van der Waals surface area contributed by atoms with Crippen molar-refractivity contribution in [2.24, 2.45) is 0 Å². The monoisotopic (exact) mass is 115 g/mol. The van der Waals surface area contributed by atoms with E-state index in [0.717, 1.165) is 7.11 Å². The Morgan fingerprint density at radius 1 is 1.71 bits per heavy atom. The van der Waals surface area contributed by atoms with Crippen molar-refractivity contribution in [3.63, 3.8) is 0 Å². The molecule has 0 aromatic heterocycles. The molecule has 0 aliphatic heterocycles. The van der Waals surface area contributed by atoms with Gasteiger partial charge in [-0.1, -0.05) is 0 Å². The zero-order valence-electron chi connectivity index (χ0n) is 4.17. The zero-order valence-corrected chi connectivity index (χ0v) is 6.17. The molecule has 0 spiro atoms. The first-order chi connectivity index (χ1) is 2.77. The third-order valence-corrected chi connectivity index (χ3v) is 0.155. The van der Waals surface area contributed by atoms with E-state index in [0.29, 0.717) is 0 Å². The molecule has 0 aromatic carbocycles. The first-order valence-corrected chi connectivity index (χ1v) is 1.21. The van der Waals surface area contributed by atoms with Gasteiger partial charge in [0, 0.05) is 29.6 Å². The Morgan fingerprint density at radius 3 is 2.14 bits per heavy atom. The molecule has 0 saturated heterocycles. The van der Waals surface area contributed by atoms with E-state index in [1.165, 1.54) is 0 Å². The standard InChI is InChI=1S/C2H4O4.Na/c1-5-6-2(3)4;/h1H3,(H,3,4);. The normalized spacial score (nSPS) is 6.43. The average Bonchev–Trinajstić information content (AvgIpc) is 1.35. The Balaban J connectivity index is 0. The summed E-state index contributed by atoms with van der Waals surface area (Å²) in [6.07, 6.45) is -1.43. The van der Waals surface area contributed by atoms with Crippen LogP contribution in [-0.4, -0.2) is 47.9 Å². The van der Waals surface area contributed by atoms with Crippen LogP contribution in [0.1, 0.15) is 0 Å². The minimum absolute atomic E-state index is 0. The summed E-state index contributed by atoms with van der Waals surface area (Å²) in [5.74, 6) is 0. The third kappa shape index (κ3) is 10.7. The van der Waals surface area contributed by atoms with Gasteiger partial charge in [0.15, 0.2) is 0 Å². The van der Waals surface area contributed by atoms with Crippen LogP contribution in [-0.2, 0) is 9.78 Å². The SMILES string of the molecule is COOC(=O)O.[Na]. The summed E-state index contributed by atoms with van der Waals surface area (Å²) in [5, 5.41) is 7.57. The summed E-state index contributed by atoms with van der Waals surface area (Å²) in [6, 6.07) is 0. The van der Waals surface area contributed by atoms with Crippen LogP contribution in [0.15, 0.2) is 0 Å². The van der Waals surface area contributed by atoms with Gasteiger partial charge in [-0.25, -0.2) is 4.79 Å². The van der Waals surface area contributed by atoms with E-state index >= 15 is 0 Å². The Hall–Kier alpha value is 0.230. The van der Waals surface area contributed by atoms with Crippen molar-refractivity contribution in [3.05, 3.63) is 0 Å². The van der Waals surface area contributed by atoms with E-state index in [4.69, 9.17) is 5.11 Å². The van der Waals surface area contributed by atoms with E-state index in [1.54, 1.807) is 0 Å². The average molecular weight is 115 g/mol. The van der Waals surface area contributed by atoms with Crippen molar-refractivity contribution in [1.29, 1.82) is 0 Å². The van der Waals surface area contributed by atoms with Gasteiger partial charge in [-0.05, 0) is 0 Å². The maximum absolute atomic E-state index is 9.25. The molecule has 0 saturated carbocycles. The molecule has 4 nitrogen and oxygen atoms in total. The van der Waals surface area contributed by atoms with E-state index in [-0.39, 0.29) is 29.6 Å². The predicted octanol–water partition coefficient (Wildman–Crippen LogP) is -0.138. The molecule has 0 atom stereocenters. The Bertz CT molecular complexity index is 53.7. The molecule has 0 amide bonds. The molecule has 1 radical (unpaired) electrons. The topological polar surface area (TPSA) is 55.8 Å². The fraction of sp³-hybridized carbons (Fsp3) is 0.500. The molecule has 0 aliphatic rings. The predicted molar refractivity (Wildman–Crippen MR) is 21.9 cm³/mol. The van der Waals surface area contributed by atoms with Gasteiger partial charge in [-0.3, -0.25) is 4.89 Å². The van der Waals surface area contributed by atoms with Gasteiger partial charge in [-0.15, -0.1) is 0 Å². The van der Waals surface area contributed by atoms with E-state index in [2.05, 4.69) is 9.78 Å². The molecule has 0 aliphatic carbocycles. The third-order valence-electron chi connectivity index (χ3n) is 0.155. The summed E-state index contributed by atoms with van der Waals surface area (Å²) in [5.41, 5.74) is 0. The second-order valence-electron chi connectivity index (χ2n) is 0.516. The van der Waals surface area contributed by atoms with Crippen molar-refractivity contribution in [3.8, 4) is 0 Å². The first kappa shape index (κ1) is 10.3. The van der Waals surface area contributed by atoms with E-state index < -0.39 is 6.16 Å². The number of rotatable bonds is 1. The van der Waals surface area contributed by atoms with E-state index in [9.17, 15) is 4.79 Å². The number of carboxylic acid groups (broad SMARTS) is 1. The molecule has 0 fully saturated rings. The van der Waals surface area contributed by atoms with Crippen LogP contribution in [0.4, 0.5) is 4.79 Å². The summed E-state index contributed by atoms with van der Waals surface area (Å²) in [7, 11) is 1.12. The molecule has 37 valence electrons. The van der Waals surface area contributed by atoms with Crippen molar-refractivity contribution >= 4 is 35.7 Å².